The third-order valence-electron chi connectivity index (χ3n) is 5.73. The molecule has 0 radical (unpaired) electrons. The predicted molar refractivity (Wildman–Crippen MR) is 127 cm³/mol. The summed E-state index contributed by atoms with van der Waals surface area (Å²) in [4.78, 5) is 19.8. The molecule has 11 heteroatoms. The van der Waals surface area contributed by atoms with Crippen molar-refractivity contribution < 1.29 is 13.5 Å². The van der Waals surface area contributed by atoms with E-state index in [1.54, 1.807) is 17.5 Å². The lowest BCUT2D eigenvalue weighted by Crippen LogP contribution is -2.44. The van der Waals surface area contributed by atoms with Crippen LogP contribution in [0.25, 0.3) is 32.6 Å². The minimum atomic E-state index is -2.05. The highest BCUT2D eigenvalue weighted by Crippen LogP contribution is 2.37. The highest BCUT2D eigenvalue weighted by molar-refractivity contribution is 7.76. The van der Waals surface area contributed by atoms with E-state index < -0.39 is 11.3 Å². The first kappa shape index (κ1) is 21.4. The molecule has 5 heterocycles. The zero-order valence-corrected chi connectivity index (χ0v) is 19.4. The number of fused-ring (bicyclic) bond motifs is 2. The number of rotatable bonds is 6. The van der Waals surface area contributed by atoms with Gasteiger partial charge in [0.25, 0.3) is 0 Å². The van der Waals surface area contributed by atoms with Crippen LogP contribution in [0.4, 0.5) is 5.82 Å². The van der Waals surface area contributed by atoms with Crippen LogP contribution in [0.15, 0.2) is 29.9 Å². The van der Waals surface area contributed by atoms with Crippen LogP contribution < -0.4 is 4.90 Å². The Morgan fingerprint density at radius 2 is 2.28 bits per heavy atom. The summed E-state index contributed by atoms with van der Waals surface area (Å²) in [6, 6.07) is 4.09. The molecule has 1 aliphatic heterocycles. The van der Waals surface area contributed by atoms with Gasteiger partial charge < -0.3 is 14.6 Å². The van der Waals surface area contributed by atoms with Crippen molar-refractivity contribution >= 4 is 49.7 Å². The minimum Gasteiger partial charge on any atom is -0.377 e. The summed E-state index contributed by atoms with van der Waals surface area (Å²) in [6.07, 6.45) is 3.61. The van der Waals surface area contributed by atoms with Crippen LogP contribution in [0, 0.1) is 0 Å². The van der Waals surface area contributed by atoms with Gasteiger partial charge in [0.15, 0.2) is 11.6 Å². The fourth-order valence-corrected chi connectivity index (χ4v) is 5.52. The normalized spacial score (nSPS) is 18.1. The number of nitrogens with one attached hydrogen (secondary N) is 1. The third kappa shape index (κ3) is 3.80. The predicted octanol–water partition coefficient (Wildman–Crippen LogP) is 3.42. The minimum absolute atomic E-state index is 0.182. The molecular formula is C21H24N6O3S2. The molecule has 0 aromatic carbocycles. The van der Waals surface area contributed by atoms with Crippen molar-refractivity contribution in [3.05, 3.63) is 35.5 Å². The Bertz CT molecular complexity index is 1290. The van der Waals surface area contributed by atoms with E-state index in [1.165, 1.54) is 4.31 Å². The van der Waals surface area contributed by atoms with Gasteiger partial charge in [0.1, 0.15) is 5.65 Å². The van der Waals surface area contributed by atoms with Crippen molar-refractivity contribution in [2.75, 3.05) is 31.2 Å². The molecule has 168 valence electrons. The van der Waals surface area contributed by atoms with Gasteiger partial charge in [0.2, 0.25) is 11.3 Å². The molecule has 2 atom stereocenters. The maximum absolute atomic E-state index is 11.7. The van der Waals surface area contributed by atoms with Gasteiger partial charge in [-0.1, -0.05) is 6.92 Å². The van der Waals surface area contributed by atoms with Crippen molar-refractivity contribution in [3.8, 4) is 11.4 Å². The van der Waals surface area contributed by atoms with E-state index in [4.69, 9.17) is 14.7 Å². The number of aromatic nitrogens is 4. The second kappa shape index (κ2) is 8.83. The monoisotopic (exact) mass is 472 g/mol. The summed E-state index contributed by atoms with van der Waals surface area (Å²) in [7, 11) is 0. The molecule has 1 aliphatic rings. The smallest absolute Gasteiger partial charge is 0.234 e. The molecule has 4 aromatic heterocycles. The van der Waals surface area contributed by atoms with E-state index in [1.807, 2.05) is 30.6 Å². The van der Waals surface area contributed by atoms with Crippen LogP contribution in [-0.4, -0.2) is 65.3 Å². The van der Waals surface area contributed by atoms with Gasteiger partial charge in [0, 0.05) is 48.5 Å². The van der Waals surface area contributed by atoms with Crippen molar-refractivity contribution in [1.29, 1.82) is 0 Å². The number of aromatic amines is 1. The molecule has 1 fully saturated rings. The SMILES string of the molecule is CCN(Cc1csc2c(N3CCOC[C@H]3C)nc(-c3ccnc4[nH]ccc34)nc12)S(=O)O. The summed E-state index contributed by atoms with van der Waals surface area (Å²) < 4.78 is 29.5. The van der Waals surface area contributed by atoms with Gasteiger partial charge in [-0.3, -0.25) is 4.55 Å². The van der Waals surface area contributed by atoms with Crippen LogP contribution in [0.2, 0.25) is 0 Å². The molecule has 2 N–H and O–H groups in total. The number of ether oxygens (including phenoxy) is 1. The zero-order chi connectivity index (χ0) is 22.2. The number of nitrogens with zero attached hydrogens (tertiary/aromatic N) is 5. The van der Waals surface area contributed by atoms with Crippen LogP contribution in [0.1, 0.15) is 19.4 Å². The Hall–Kier alpha value is -2.44. The van der Waals surface area contributed by atoms with Crippen LogP contribution >= 0.6 is 11.3 Å². The van der Waals surface area contributed by atoms with Gasteiger partial charge in [-0.2, -0.15) is 4.31 Å². The van der Waals surface area contributed by atoms with E-state index >= 15 is 0 Å². The lowest BCUT2D eigenvalue weighted by molar-refractivity contribution is 0.0987. The number of anilines is 1. The molecule has 4 aromatic rings. The Kier molecular flexibility index (Phi) is 5.91. The summed E-state index contributed by atoms with van der Waals surface area (Å²) in [5.41, 5.74) is 3.42. The van der Waals surface area contributed by atoms with Gasteiger partial charge in [-0.05, 0) is 24.4 Å². The molecule has 0 aliphatic carbocycles. The van der Waals surface area contributed by atoms with Gasteiger partial charge in [-0.15, -0.1) is 11.3 Å². The summed E-state index contributed by atoms with van der Waals surface area (Å²) in [5.74, 6) is 1.50. The summed E-state index contributed by atoms with van der Waals surface area (Å²) >= 11 is -0.469. The topological polar surface area (TPSA) is 107 Å². The largest absolute Gasteiger partial charge is 0.377 e. The van der Waals surface area contributed by atoms with Crippen molar-refractivity contribution in [2.24, 2.45) is 0 Å². The van der Waals surface area contributed by atoms with Crippen LogP contribution in [0.3, 0.4) is 0 Å². The molecule has 9 nitrogen and oxygen atoms in total. The first-order valence-corrected chi connectivity index (χ1v) is 12.4. The van der Waals surface area contributed by atoms with Crippen LogP contribution in [-0.2, 0) is 22.5 Å². The molecule has 32 heavy (non-hydrogen) atoms. The Morgan fingerprint density at radius 3 is 3.06 bits per heavy atom. The van der Waals surface area contributed by atoms with Gasteiger partial charge in [-0.25, -0.2) is 19.2 Å². The summed E-state index contributed by atoms with van der Waals surface area (Å²) in [5, 5.41) is 2.97. The Morgan fingerprint density at radius 1 is 1.41 bits per heavy atom. The standard InChI is InChI=1S/C21H24N6O3S2/c1-3-26(32(28)29)10-14-12-31-18-17(14)24-20(16-5-7-23-19-15(16)4-6-22-19)25-21(18)27-8-9-30-11-13(27)2/h4-7,12-13H,3,8-11H2,1-2H3,(H,22,23)(H,28,29)/t13-/m1/s1. The molecule has 1 saturated heterocycles. The number of pyridine rings is 1. The highest BCUT2D eigenvalue weighted by atomic mass is 32.2. The van der Waals surface area contributed by atoms with E-state index in [9.17, 15) is 8.76 Å². The van der Waals surface area contributed by atoms with E-state index in [0.717, 1.165) is 44.7 Å². The molecule has 0 bridgehead atoms. The van der Waals surface area contributed by atoms with Crippen LogP contribution in [0.5, 0.6) is 0 Å². The van der Waals surface area contributed by atoms with E-state index in [2.05, 4.69) is 21.8 Å². The average molecular weight is 473 g/mol. The second-order valence-electron chi connectivity index (χ2n) is 7.71. The fraction of sp³-hybridized carbons (Fsp3) is 0.381. The molecule has 0 amide bonds. The van der Waals surface area contributed by atoms with Crippen molar-refractivity contribution in [1.82, 2.24) is 24.2 Å². The number of hydrogen-bond donors (Lipinski definition) is 2. The average Bonchev–Trinajstić information content (AvgIpc) is 3.44. The first-order chi connectivity index (χ1) is 15.6. The molecule has 1 unspecified atom stereocenters. The molecule has 0 spiro atoms. The third-order valence-corrected chi connectivity index (χ3v) is 7.57. The summed E-state index contributed by atoms with van der Waals surface area (Å²) in [6.45, 7) is 6.83. The number of morpholine rings is 1. The zero-order valence-electron chi connectivity index (χ0n) is 17.8. The number of thiophene rings is 1. The van der Waals surface area contributed by atoms with Crippen molar-refractivity contribution in [3.63, 3.8) is 0 Å². The lowest BCUT2D eigenvalue weighted by Gasteiger charge is -2.34. The molecular weight excluding hydrogens is 448 g/mol. The quantitative estimate of drug-likeness (QED) is 0.414. The van der Waals surface area contributed by atoms with E-state index in [0.29, 0.717) is 32.1 Å². The maximum Gasteiger partial charge on any atom is 0.234 e. The lowest BCUT2D eigenvalue weighted by atomic mass is 10.1. The Balaban J connectivity index is 1.71. The highest BCUT2D eigenvalue weighted by Gasteiger charge is 2.26. The molecule has 5 rings (SSSR count). The fourth-order valence-electron chi connectivity index (χ4n) is 4.04. The van der Waals surface area contributed by atoms with Crippen molar-refractivity contribution in [2.45, 2.75) is 26.4 Å². The van der Waals surface area contributed by atoms with Gasteiger partial charge >= 0.3 is 0 Å². The maximum atomic E-state index is 11.7. The molecule has 0 saturated carbocycles. The first-order valence-electron chi connectivity index (χ1n) is 10.5. The Labute approximate surface area is 191 Å². The second-order valence-corrected chi connectivity index (χ2v) is 9.57. The van der Waals surface area contributed by atoms with E-state index in [-0.39, 0.29) is 6.04 Å². The van der Waals surface area contributed by atoms with Gasteiger partial charge in [0.05, 0.1) is 29.5 Å². The number of H-pyrrole nitrogens is 1. The number of hydrogen-bond acceptors (Lipinski definition) is 7.